The van der Waals surface area contributed by atoms with E-state index >= 15 is 0 Å². The van der Waals surface area contributed by atoms with Crippen LogP contribution in [0, 0.1) is 5.41 Å². The molecule has 0 atom stereocenters. The van der Waals surface area contributed by atoms with Crippen LogP contribution >= 0.6 is 22.9 Å². The number of rotatable bonds is 0. The molecule has 0 aromatic rings. The van der Waals surface area contributed by atoms with Crippen molar-refractivity contribution in [3.63, 3.8) is 0 Å². The van der Waals surface area contributed by atoms with Gasteiger partial charge < -0.3 is 0 Å². The van der Waals surface area contributed by atoms with Crippen LogP contribution in [0.1, 0.15) is 20.8 Å². The maximum Gasteiger partial charge on any atom is 0.233 e. The second-order valence-corrected chi connectivity index (χ2v) is 3.21. The predicted molar refractivity (Wildman–Crippen MR) is 41.6 cm³/mol. The second kappa shape index (κ2) is 2.66. The van der Waals surface area contributed by atoms with Gasteiger partial charge in [-0.3, -0.25) is 8.32 Å². The van der Waals surface area contributed by atoms with E-state index in [2.05, 4.69) is 3.53 Å². The van der Waals surface area contributed by atoms with Crippen molar-refractivity contribution in [2.24, 2.45) is 5.41 Å². The summed E-state index contributed by atoms with van der Waals surface area (Å²) in [6.45, 7) is 5.63. The van der Waals surface area contributed by atoms with Gasteiger partial charge in [-0.1, -0.05) is 20.8 Å². The molecule has 0 fully saturated rings. The van der Waals surface area contributed by atoms with E-state index in [1.54, 1.807) is 0 Å². The monoisotopic (exact) mass is 227 g/mol. The first-order chi connectivity index (χ1) is 3.48. The maximum absolute atomic E-state index is 10.7. The van der Waals surface area contributed by atoms with Gasteiger partial charge in [0.1, 0.15) is 0 Å². The van der Waals surface area contributed by atoms with Gasteiger partial charge in [0.25, 0.3) is 0 Å². The Morgan fingerprint density at radius 2 is 1.88 bits per heavy atom. The third-order valence-electron chi connectivity index (χ3n) is 0.767. The molecule has 0 aliphatic heterocycles. The maximum atomic E-state index is 10.7. The summed E-state index contributed by atoms with van der Waals surface area (Å²) in [6.07, 6.45) is 0. The van der Waals surface area contributed by atoms with Crippen molar-refractivity contribution in [1.29, 1.82) is 0 Å². The summed E-state index contributed by atoms with van der Waals surface area (Å²) in [7, 11) is 0. The van der Waals surface area contributed by atoms with Crippen LogP contribution in [0.5, 0.6) is 0 Å². The fraction of sp³-hybridized carbons (Fsp3) is 0.800. The van der Waals surface area contributed by atoms with Crippen molar-refractivity contribution in [2.45, 2.75) is 20.8 Å². The van der Waals surface area contributed by atoms with Gasteiger partial charge in [-0.15, -0.1) is 0 Å². The zero-order valence-electron chi connectivity index (χ0n) is 5.29. The largest absolute Gasteiger partial charge is 0.298 e. The third kappa shape index (κ3) is 2.49. The first-order valence-electron chi connectivity index (χ1n) is 2.39. The summed E-state index contributed by atoms with van der Waals surface area (Å²) < 4.78 is 2.54. The first-order valence-corrected chi connectivity index (χ1v) is 3.47. The van der Waals surface area contributed by atoms with E-state index < -0.39 is 0 Å². The molecular weight excluding hydrogens is 217 g/mol. The van der Waals surface area contributed by atoms with Crippen LogP contribution in [-0.4, -0.2) is 5.91 Å². The lowest BCUT2D eigenvalue weighted by Gasteiger charge is -2.13. The molecule has 0 aliphatic carbocycles. The SMILES string of the molecule is CC(C)(C)C(=O)NI. The number of carbonyl (C=O) groups is 1. The Hall–Kier alpha value is 0.200. The molecule has 0 saturated carbocycles. The average Bonchev–Trinajstić information content (AvgIpc) is 1.62. The fourth-order valence-electron chi connectivity index (χ4n) is 0.142. The van der Waals surface area contributed by atoms with Gasteiger partial charge in [-0.05, 0) is 0 Å². The highest BCUT2D eigenvalue weighted by Gasteiger charge is 2.19. The number of hydrogen-bond donors (Lipinski definition) is 1. The molecule has 0 aliphatic rings. The van der Waals surface area contributed by atoms with Crippen LogP contribution < -0.4 is 3.53 Å². The number of nitrogens with one attached hydrogen (secondary N) is 1. The Morgan fingerprint density at radius 3 is 1.88 bits per heavy atom. The van der Waals surface area contributed by atoms with E-state index in [0.717, 1.165) is 0 Å². The van der Waals surface area contributed by atoms with Gasteiger partial charge in [-0.25, -0.2) is 0 Å². The highest BCUT2D eigenvalue weighted by atomic mass is 127. The minimum absolute atomic E-state index is 0.0677. The molecule has 8 heavy (non-hydrogen) atoms. The lowest BCUT2D eigenvalue weighted by atomic mass is 9.96. The lowest BCUT2D eigenvalue weighted by molar-refractivity contribution is -0.126. The fourth-order valence-corrected chi connectivity index (χ4v) is 0.951. The van der Waals surface area contributed by atoms with Crippen LogP contribution in [0.4, 0.5) is 0 Å². The number of amides is 1. The van der Waals surface area contributed by atoms with Crippen molar-refractivity contribution < 1.29 is 4.79 Å². The number of halogens is 1. The van der Waals surface area contributed by atoms with Crippen LogP contribution in [0.15, 0.2) is 0 Å². The summed E-state index contributed by atoms with van der Waals surface area (Å²) >= 11 is 1.84. The smallest absolute Gasteiger partial charge is 0.233 e. The molecule has 1 N–H and O–H groups in total. The molecule has 48 valence electrons. The Kier molecular flexibility index (Phi) is 2.73. The molecule has 2 nitrogen and oxygen atoms in total. The zero-order chi connectivity index (χ0) is 6.78. The lowest BCUT2D eigenvalue weighted by Crippen LogP contribution is -2.28. The minimum atomic E-state index is -0.249. The van der Waals surface area contributed by atoms with Gasteiger partial charge in [0.05, 0.1) is 22.9 Å². The molecule has 1 amide bonds. The summed E-state index contributed by atoms with van der Waals surface area (Å²) in [5.41, 5.74) is -0.249. The number of carbonyl (C=O) groups excluding carboxylic acids is 1. The van der Waals surface area contributed by atoms with Crippen LogP contribution in [0.3, 0.4) is 0 Å². The average molecular weight is 227 g/mol. The highest BCUT2D eigenvalue weighted by molar-refractivity contribution is 14.1. The zero-order valence-corrected chi connectivity index (χ0v) is 7.44. The Bertz CT molecular complexity index is 95.1. The van der Waals surface area contributed by atoms with E-state index in [-0.39, 0.29) is 11.3 Å². The van der Waals surface area contributed by atoms with Crippen molar-refractivity contribution in [3.8, 4) is 0 Å². The van der Waals surface area contributed by atoms with Crippen molar-refractivity contribution >= 4 is 28.8 Å². The van der Waals surface area contributed by atoms with Crippen LogP contribution in [0.2, 0.25) is 0 Å². The third-order valence-corrected chi connectivity index (χ3v) is 1.26. The molecule has 0 unspecified atom stereocenters. The van der Waals surface area contributed by atoms with Gasteiger partial charge >= 0.3 is 0 Å². The topological polar surface area (TPSA) is 29.1 Å². The van der Waals surface area contributed by atoms with Crippen LogP contribution in [-0.2, 0) is 4.79 Å². The molecule has 0 spiro atoms. The van der Waals surface area contributed by atoms with Gasteiger partial charge in [0.15, 0.2) is 0 Å². The molecule has 0 radical (unpaired) electrons. The van der Waals surface area contributed by atoms with Gasteiger partial charge in [0.2, 0.25) is 5.91 Å². The summed E-state index contributed by atoms with van der Waals surface area (Å²) in [6, 6.07) is 0. The Balaban J connectivity index is 3.82. The molecular formula is C5H10INO. The minimum Gasteiger partial charge on any atom is -0.298 e. The Morgan fingerprint density at radius 1 is 1.50 bits per heavy atom. The van der Waals surface area contributed by atoms with E-state index in [0.29, 0.717) is 0 Å². The van der Waals surface area contributed by atoms with Crippen molar-refractivity contribution in [1.82, 2.24) is 3.53 Å². The molecule has 0 aromatic heterocycles. The predicted octanol–water partition coefficient (Wildman–Crippen LogP) is 1.50. The van der Waals surface area contributed by atoms with E-state index in [1.165, 1.54) is 0 Å². The highest BCUT2D eigenvalue weighted by Crippen LogP contribution is 2.12. The molecule has 0 bridgehead atoms. The van der Waals surface area contributed by atoms with E-state index in [4.69, 9.17) is 0 Å². The molecule has 3 heteroatoms. The summed E-state index contributed by atoms with van der Waals surface area (Å²) in [4.78, 5) is 10.7. The summed E-state index contributed by atoms with van der Waals surface area (Å²) in [5.74, 6) is 0.0677. The van der Waals surface area contributed by atoms with Crippen LogP contribution in [0.25, 0.3) is 0 Å². The van der Waals surface area contributed by atoms with Gasteiger partial charge in [0, 0.05) is 5.41 Å². The molecule has 0 rings (SSSR count). The quantitative estimate of drug-likeness (QED) is 0.493. The molecule has 0 aromatic carbocycles. The second-order valence-electron chi connectivity index (χ2n) is 2.67. The standard InChI is InChI=1S/C5H10INO/c1-5(2,3)4(8)7-6/h1-3H3,(H,7,8). The first kappa shape index (κ1) is 8.20. The van der Waals surface area contributed by atoms with E-state index in [1.807, 2.05) is 43.6 Å². The van der Waals surface area contributed by atoms with E-state index in [9.17, 15) is 4.79 Å². The normalized spacial score (nSPS) is 11.0. The molecule has 0 saturated heterocycles. The van der Waals surface area contributed by atoms with Gasteiger partial charge in [-0.2, -0.15) is 0 Å². The summed E-state index contributed by atoms with van der Waals surface area (Å²) in [5, 5.41) is 0. The number of hydrogen-bond acceptors (Lipinski definition) is 1. The molecule has 0 heterocycles. The van der Waals surface area contributed by atoms with Crippen molar-refractivity contribution in [3.05, 3.63) is 0 Å². The Labute approximate surface area is 63.5 Å². The van der Waals surface area contributed by atoms with Crippen molar-refractivity contribution in [2.75, 3.05) is 0 Å².